The molecule has 29 heavy (non-hydrogen) atoms. The number of benzene rings is 2. The zero-order valence-electron chi connectivity index (χ0n) is 16.0. The van der Waals surface area contributed by atoms with Crippen LogP contribution in [0.5, 0.6) is 0 Å². The topological polar surface area (TPSA) is 139 Å². The van der Waals surface area contributed by atoms with Gasteiger partial charge in [0.2, 0.25) is 5.91 Å². The second-order valence-electron chi connectivity index (χ2n) is 6.57. The van der Waals surface area contributed by atoms with Crippen molar-refractivity contribution in [2.75, 3.05) is 6.54 Å². The molecular weight excluding hydrogens is 378 g/mol. The molecule has 1 unspecified atom stereocenters. The van der Waals surface area contributed by atoms with Crippen molar-refractivity contribution in [3.63, 3.8) is 0 Å². The number of nitrogens with one attached hydrogen (secondary N) is 2. The maximum absolute atomic E-state index is 12.1. The molecule has 0 aliphatic rings. The number of carbonyl (C=O) groups is 3. The van der Waals surface area contributed by atoms with Crippen LogP contribution >= 0.6 is 0 Å². The van der Waals surface area contributed by atoms with Gasteiger partial charge >= 0.3 is 5.97 Å². The van der Waals surface area contributed by atoms with E-state index in [2.05, 4.69) is 10.6 Å². The minimum Gasteiger partial charge on any atom is -0.479 e. The quantitative estimate of drug-likeness (QED) is 0.460. The molecule has 0 spiro atoms. The van der Waals surface area contributed by atoms with Gasteiger partial charge in [-0.1, -0.05) is 29.3 Å². The number of aryl methyl sites for hydroxylation is 2. The van der Waals surface area contributed by atoms with Crippen LogP contribution in [-0.2, 0) is 9.59 Å². The van der Waals surface area contributed by atoms with Gasteiger partial charge in [0.1, 0.15) is 0 Å². The summed E-state index contributed by atoms with van der Waals surface area (Å²) >= 11 is 0. The second kappa shape index (κ2) is 9.45. The first-order valence-electron chi connectivity index (χ1n) is 8.80. The lowest BCUT2D eigenvalue weighted by Gasteiger charge is -2.16. The van der Waals surface area contributed by atoms with Crippen molar-refractivity contribution < 1.29 is 24.4 Å². The van der Waals surface area contributed by atoms with Gasteiger partial charge in [-0.25, -0.2) is 4.79 Å². The van der Waals surface area contributed by atoms with Crippen LogP contribution in [0, 0.1) is 24.0 Å². The number of nitro benzene ring substituents is 1. The van der Waals surface area contributed by atoms with Gasteiger partial charge in [0.15, 0.2) is 6.04 Å². The van der Waals surface area contributed by atoms with Crippen molar-refractivity contribution in [3.8, 4) is 0 Å². The summed E-state index contributed by atoms with van der Waals surface area (Å²) in [5, 5.41) is 25.1. The largest absolute Gasteiger partial charge is 0.479 e. The predicted molar refractivity (Wildman–Crippen MR) is 104 cm³/mol. The lowest BCUT2D eigenvalue weighted by molar-refractivity contribution is -0.384. The number of nitro groups is 1. The number of non-ortho nitro benzene ring substituents is 1. The van der Waals surface area contributed by atoms with E-state index in [-0.39, 0.29) is 24.2 Å². The lowest BCUT2D eigenvalue weighted by Crippen LogP contribution is -2.36. The number of carboxylic acids is 1. The summed E-state index contributed by atoms with van der Waals surface area (Å²) in [6.45, 7) is 3.66. The Kier molecular flexibility index (Phi) is 7.02. The van der Waals surface area contributed by atoms with Crippen LogP contribution in [0.15, 0.2) is 42.5 Å². The third-order valence-corrected chi connectivity index (χ3v) is 4.11. The van der Waals surface area contributed by atoms with E-state index in [0.29, 0.717) is 5.56 Å². The zero-order valence-corrected chi connectivity index (χ0v) is 16.0. The standard InChI is InChI=1S/C20H21N3O6/c1-12-9-13(2)11-15(10-12)18(20(26)27)22-17(24)7-8-21-19(25)14-3-5-16(6-4-14)23(28)29/h3-6,9-11,18H,7-8H2,1-2H3,(H,21,25)(H,22,24)(H,26,27). The van der Waals surface area contributed by atoms with Gasteiger partial charge in [0, 0.05) is 30.7 Å². The molecule has 2 aromatic rings. The Labute approximate surface area is 166 Å². The van der Waals surface area contributed by atoms with Crippen LogP contribution in [-0.4, -0.2) is 34.4 Å². The van der Waals surface area contributed by atoms with Crippen LogP contribution in [0.25, 0.3) is 0 Å². The molecule has 1 atom stereocenters. The third-order valence-electron chi connectivity index (χ3n) is 4.11. The maximum Gasteiger partial charge on any atom is 0.330 e. The molecule has 2 aromatic carbocycles. The molecule has 0 aliphatic carbocycles. The zero-order chi connectivity index (χ0) is 21.6. The highest BCUT2D eigenvalue weighted by atomic mass is 16.6. The molecule has 2 rings (SSSR count). The first kappa shape index (κ1) is 21.5. The molecule has 2 amide bonds. The number of carbonyl (C=O) groups excluding carboxylic acids is 2. The Morgan fingerprint density at radius 1 is 1.07 bits per heavy atom. The van der Waals surface area contributed by atoms with Crippen molar-refractivity contribution in [1.29, 1.82) is 0 Å². The molecule has 9 heteroatoms. The van der Waals surface area contributed by atoms with Crippen molar-refractivity contribution in [2.24, 2.45) is 0 Å². The van der Waals surface area contributed by atoms with Gasteiger partial charge in [0.25, 0.3) is 11.6 Å². The fourth-order valence-corrected chi connectivity index (χ4v) is 2.82. The van der Waals surface area contributed by atoms with Crippen molar-refractivity contribution in [2.45, 2.75) is 26.3 Å². The van der Waals surface area contributed by atoms with Gasteiger partial charge in [0.05, 0.1) is 4.92 Å². The van der Waals surface area contributed by atoms with E-state index < -0.39 is 28.7 Å². The van der Waals surface area contributed by atoms with E-state index in [0.717, 1.165) is 11.1 Å². The normalized spacial score (nSPS) is 11.4. The number of hydrogen-bond donors (Lipinski definition) is 3. The van der Waals surface area contributed by atoms with E-state index >= 15 is 0 Å². The van der Waals surface area contributed by atoms with E-state index in [1.54, 1.807) is 12.1 Å². The van der Waals surface area contributed by atoms with Crippen LogP contribution in [0.3, 0.4) is 0 Å². The molecule has 3 N–H and O–H groups in total. The van der Waals surface area contributed by atoms with Crippen LogP contribution in [0.1, 0.15) is 39.5 Å². The summed E-state index contributed by atoms with van der Waals surface area (Å²) in [7, 11) is 0. The number of carboxylic acid groups (broad SMARTS) is 1. The van der Waals surface area contributed by atoms with Gasteiger partial charge < -0.3 is 15.7 Å². The summed E-state index contributed by atoms with van der Waals surface area (Å²) in [6.07, 6.45) is -0.118. The van der Waals surface area contributed by atoms with Crippen molar-refractivity contribution >= 4 is 23.5 Å². The molecule has 152 valence electrons. The summed E-state index contributed by atoms with van der Waals surface area (Å²) in [5.41, 5.74) is 2.33. The third kappa shape index (κ3) is 6.13. The van der Waals surface area contributed by atoms with Crippen LogP contribution < -0.4 is 10.6 Å². The highest BCUT2D eigenvalue weighted by Gasteiger charge is 2.22. The van der Waals surface area contributed by atoms with Crippen LogP contribution in [0.4, 0.5) is 5.69 Å². The molecular formula is C20H21N3O6. The molecule has 0 radical (unpaired) electrons. The molecule has 0 bridgehead atoms. The number of nitrogens with zero attached hydrogens (tertiary/aromatic N) is 1. The number of amides is 2. The summed E-state index contributed by atoms with van der Waals surface area (Å²) < 4.78 is 0. The van der Waals surface area contributed by atoms with Gasteiger partial charge in [-0.05, 0) is 31.5 Å². The number of hydrogen-bond acceptors (Lipinski definition) is 5. The maximum atomic E-state index is 12.1. The molecule has 0 aromatic heterocycles. The second-order valence-corrected chi connectivity index (χ2v) is 6.57. The van der Waals surface area contributed by atoms with Crippen molar-refractivity contribution in [1.82, 2.24) is 10.6 Å². The molecule has 0 saturated heterocycles. The van der Waals surface area contributed by atoms with Crippen molar-refractivity contribution in [3.05, 3.63) is 74.8 Å². The average Bonchev–Trinajstić information content (AvgIpc) is 2.65. The number of rotatable bonds is 8. The molecule has 0 fully saturated rings. The SMILES string of the molecule is Cc1cc(C)cc(C(NC(=O)CCNC(=O)c2ccc([N+](=O)[O-])cc2)C(=O)O)c1. The first-order chi connectivity index (χ1) is 13.7. The van der Waals surface area contributed by atoms with Gasteiger partial charge in [-0.15, -0.1) is 0 Å². The summed E-state index contributed by atoms with van der Waals surface area (Å²) in [4.78, 5) is 45.8. The Hall–Kier alpha value is -3.75. The molecule has 0 saturated carbocycles. The fourth-order valence-electron chi connectivity index (χ4n) is 2.82. The lowest BCUT2D eigenvalue weighted by atomic mass is 10.0. The Morgan fingerprint density at radius 2 is 1.66 bits per heavy atom. The first-order valence-corrected chi connectivity index (χ1v) is 8.80. The van der Waals surface area contributed by atoms with Crippen LogP contribution in [0.2, 0.25) is 0 Å². The Balaban J connectivity index is 1.91. The summed E-state index contributed by atoms with van der Waals surface area (Å²) in [5.74, 6) is -2.20. The molecule has 9 nitrogen and oxygen atoms in total. The Bertz CT molecular complexity index is 919. The monoisotopic (exact) mass is 399 g/mol. The average molecular weight is 399 g/mol. The smallest absolute Gasteiger partial charge is 0.330 e. The van der Waals surface area contributed by atoms with Gasteiger partial charge in [-0.3, -0.25) is 19.7 Å². The minimum absolute atomic E-state index is 0.0131. The fraction of sp³-hybridized carbons (Fsp3) is 0.250. The van der Waals surface area contributed by atoms with E-state index in [1.807, 2.05) is 19.9 Å². The highest BCUT2D eigenvalue weighted by molar-refractivity contribution is 5.94. The highest BCUT2D eigenvalue weighted by Crippen LogP contribution is 2.17. The van der Waals surface area contributed by atoms with Gasteiger partial charge in [-0.2, -0.15) is 0 Å². The summed E-state index contributed by atoms with van der Waals surface area (Å²) in [6, 6.07) is 9.16. The predicted octanol–water partition coefficient (Wildman–Crippen LogP) is 2.27. The van der Waals surface area contributed by atoms with E-state index in [4.69, 9.17) is 0 Å². The van der Waals surface area contributed by atoms with E-state index in [1.165, 1.54) is 24.3 Å². The van der Waals surface area contributed by atoms with E-state index in [9.17, 15) is 29.6 Å². The Morgan fingerprint density at radius 3 is 2.17 bits per heavy atom. The molecule has 0 heterocycles. The minimum atomic E-state index is -1.19. The molecule has 0 aliphatic heterocycles. The number of aliphatic carboxylic acids is 1.